The summed E-state index contributed by atoms with van der Waals surface area (Å²) >= 11 is 4.09. The van der Waals surface area contributed by atoms with Crippen molar-refractivity contribution in [3.63, 3.8) is 0 Å². The molecule has 0 spiro atoms. The van der Waals surface area contributed by atoms with Crippen LogP contribution in [-0.2, 0) is 12.8 Å². The molecular weight excluding hydrogens is 693 g/mol. The van der Waals surface area contributed by atoms with Crippen molar-refractivity contribution in [1.29, 1.82) is 0 Å². The highest BCUT2D eigenvalue weighted by Gasteiger charge is 2.19. The van der Waals surface area contributed by atoms with Crippen molar-refractivity contribution in [1.82, 2.24) is 0 Å². The second kappa shape index (κ2) is 24.0. The summed E-state index contributed by atoms with van der Waals surface area (Å²) in [5.74, 6) is 0. The minimum absolute atomic E-state index is 0.879. The molecule has 2 aromatic heterocycles. The molecule has 296 valence electrons. The number of hydrogen-bond donors (Lipinski definition) is 2. The van der Waals surface area contributed by atoms with E-state index in [-0.39, 0.29) is 0 Å². The molecule has 54 heavy (non-hydrogen) atoms. The van der Waals surface area contributed by atoms with Gasteiger partial charge in [-0.05, 0) is 134 Å². The predicted molar refractivity (Wildman–Crippen MR) is 249 cm³/mol. The van der Waals surface area contributed by atoms with Gasteiger partial charge in [-0.15, -0.1) is 22.7 Å². The third kappa shape index (κ3) is 13.7. The molecule has 0 saturated heterocycles. The fraction of sp³-hybridized carbons (Fsp3) is 0.560. The molecule has 0 bridgehead atoms. The number of aryl methyl sites for hydroxylation is 6. The Kier molecular flexibility index (Phi) is 19.5. The van der Waals surface area contributed by atoms with E-state index in [1.54, 1.807) is 11.1 Å². The van der Waals surface area contributed by atoms with E-state index >= 15 is 0 Å². The van der Waals surface area contributed by atoms with Gasteiger partial charge in [0, 0.05) is 30.5 Å². The highest BCUT2D eigenvalue weighted by atomic mass is 32.1. The fourth-order valence-corrected chi connectivity index (χ4v) is 10.6. The van der Waals surface area contributed by atoms with E-state index < -0.39 is 0 Å². The molecule has 0 aliphatic carbocycles. The number of benzene rings is 2. The molecule has 0 radical (unpaired) electrons. The number of anilines is 2. The SMILES string of the molecule is CCCCCCCCCCCCc1c(/C=C/c2cc(C)c(N)cc2C)sc2c(CCCCCCCCCCCC)c(/C=C/c3cc(C)c(N)cc3C)sc12. The van der Waals surface area contributed by atoms with Crippen molar-refractivity contribution in [2.45, 2.75) is 183 Å². The van der Waals surface area contributed by atoms with Crippen LogP contribution in [0.5, 0.6) is 0 Å². The maximum absolute atomic E-state index is 6.26. The number of thiophene rings is 2. The van der Waals surface area contributed by atoms with Gasteiger partial charge in [0.2, 0.25) is 0 Å². The third-order valence-electron chi connectivity index (χ3n) is 11.5. The van der Waals surface area contributed by atoms with Crippen molar-refractivity contribution >= 4 is 67.8 Å². The van der Waals surface area contributed by atoms with Crippen LogP contribution >= 0.6 is 22.7 Å². The lowest BCUT2D eigenvalue weighted by molar-refractivity contribution is 0.556. The van der Waals surface area contributed by atoms with E-state index in [0.717, 1.165) is 35.3 Å². The zero-order valence-corrected chi connectivity index (χ0v) is 36.8. The monoisotopic (exact) mass is 767 g/mol. The van der Waals surface area contributed by atoms with E-state index in [9.17, 15) is 0 Å². The summed E-state index contributed by atoms with van der Waals surface area (Å²) in [6.07, 6.45) is 39.2. The number of nitrogens with two attached hydrogens (primary N) is 2. The molecule has 4 rings (SSSR count). The van der Waals surface area contributed by atoms with Crippen molar-refractivity contribution in [2.24, 2.45) is 0 Å². The maximum atomic E-state index is 6.26. The molecule has 0 saturated carbocycles. The Morgan fingerprint density at radius 1 is 0.407 bits per heavy atom. The number of nitrogen functional groups attached to an aromatic ring is 2. The van der Waals surface area contributed by atoms with E-state index in [1.165, 1.54) is 170 Å². The Hall–Kier alpha value is -2.82. The first-order chi connectivity index (χ1) is 26.2. The Morgan fingerprint density at radius 2 is 0.722 bits per heavy atom. The molecular formula is C50H74N2S2. The van der Waals surface area contributed by atoms with Crippen LogP contribution in [0.1, 0.15) is 197 Å². The largest absolute Gasteiger partial charge is 0.399 e. The number of unbranched alkanes of at least 4 members (excludes halogenated alkanes) is 18. The van der Waals surface area contributed by atoms with Gasteiger partial charge in [-0.25, -0.2) is 0 Å². The summed E-state index contributed by atoms with van der Waals surface area (Å²) < 4.78 is 3.07. The normalized spacial score (nSPS) is 12.0. The molecule has 0 unspecified atom stereocenters. The van der Waals surface area contributed by atoms with Crippen LogP contribution in [0.3, 0.4) is 0 Å². The smallest absolute Gasteiger partial charge is 0.0498 e. The van der Waals surface area contributed by atoms with Gasteiger partial charge in [0.25, 0.3) is 0 Å². The molecule has 4 heteroatoms. The van der Waals surface area contributed by atoms with Crippen LogP contribution in [0.25, 0.3) is 33.7 Å². The van der Waals surface area contributed by atoms with Gasteiger partial charge in [0.1, 0.15) is 0 Å². The van der Waals surface area contributed by atoms with Gasteiger partial charge in [-0.2, -0.15) is 0 Å². The summed E-state index contributed by atoms with van der Waals surface area (Å²) in [5.41, 5.74) is 24.8. The quantitative estimate of drug-likeness (QED) is 0.0494. The van der Waals surface area contributed by atoms with Crippen LogP contribution < -0.4 is 11.5 Å². The summed E-state index contributed by atoms with van der Waals surface area (Å²) in [7, 11) is 0. The van der Waals surface area contributed by atoms with Gasteiger partial charge >= 0.3 is 0 Å². The minimum Gasteiger partial charge on any atom is -0.399 e. The molecule has 0 atom stereocenters. The first-order valence-corrected chi connectivity index (χ1v) is 23.5. The number of fused-ring (bicyclic) bond motifs is 1. The lowest BCUT2D eigenvalue weighted by atomic mass is 10.0. The second-order valence-electron chi connectivity index (χ2n) is 16.2. The standard InChI is InChI=1S/C50H74N2S2/c1-7-9-11-13-15-17-19-21-23-25-27-43-47(31-29-41-33-39(5)45(51)35-37(41)3)53-50-44(28-26-24-22-20-18-16-14-12-10-8-2)48(54-49(43)50)32-30-42-34-40(6)46(52)36-38(42)4/h29-36H,7-28,51-52H2,1-6H3/b31-29+,32-30+. The van der Waals surface area contributed by atoms with Crippen LogP contribution in [0, 0.1) is 27.7 Å². The molecule has 0 aliphatic heterocycles. The molecule has 2 nitrogen and oxygen atoms in total. The molecule has 0 aliphatic rings. The molecule has 0 amide bonds. The Morgan fingerprint density at radius 3 is 1.06 bits per heavy atom. The van der Waals surface area contributed by atoms with E-state index in [1.807, 2.05) is 22.7 Å². The summed E-state index contributed by atoms with van der Waals surface area (Å²) in [6, 6.07) is 8.75. The Bertz CT molecular complexity index is 1640. The van der Waals surface area contributed by atoms with Crippen molar-refractivity contribution in [3.05, 3.63) is 78.5 Å². The second-order valence-corrected chi connectivity index (χ2v) is 18.3. The van der Waals surface area contributed by atoms with Gasteiger partial charge in [0.15, 0.2) is 0 Å². The molecule has 2 heterocycles. The molecule has 2 aromatic carbocycles. The predicted octanol–water partition coefficient (Wildman–Crippen LogP) is 16.6. The third-order valence-corrected chi connectivity index (χ3v) is 14.1. The summed E-state index contributed by atoms with van der Waals surface area (Å²) in [6.45, 7) is 13.2. The number of rotatable bonds is 26. The van der Waals surface area contributed by atoms with Gasteiger partial charge < -0.3 is 11.5 Å². The average molecular weight is 767 g/mol. The van der Waals surface area contributed by atoms with Crippen LogP contribution in [-0.4, -0.2) is 0 Å². The Labute approximate surface area is 338 Å². The summed E-state index contributed by atoms with van der Waals surface area (Å²) in [4.78, 5) is 2.90. The number of hydrogen-bond acceptors (Lipinski definition) is 4. The molecule has 4 aromatic rings. The van der Waals surface area contributed by atoms with E-state index in [0.29, 0.717) is 0 Å². The van der Waals surface area contributed by atoms with Crippen molar-refractivity contribution in [3.8, 4) is 0 Å². The lowest BCUT2D eigenvalue weighted by Crippen LogP contribution is -1.92. The van der Waals surface area contributed by atoms with Gasteiger partial charge in [-0.3, -0.25) is 0 Å². The zero-order valence-electron chi connectivity index (χ0n) is 35.1. The van der Waals surface area contributed by atoms with Crippen molar-refractivity contribution in [2.75, 3.05) is 11.5 Å². The lowest BCUT2D eigenvalue weighted by Gasteiger charge is -2.07. The highest BCUT2D eigenvalue weighted by Crippen LogP contribution is 2.44. The maximum Gasteiger partial charge on any atom is 0.0498 e. The van der Waals surface area contributed by atoms with Crippen molar-refractivity contribution < 1.29 is 0 Å². The van der Waals surface area contributed by atoms with E-state index in [4.69, 9.17) is 11.5 Å². The minimum atomic E-state index is 0.879. The zero-order chi connectivity index (χ0) is 38.7. The topological polar surface area (TPSA) is 52.0 Å². The first-order valence-electron chi connectivity index (χ1n) is 21.9. The average Bonchev–Trinajstić information content (AvgIpc) is 3.66. The Balaban J connectivity index is 1.58. The van der Waals surface area contributed by atoms with Gasteiger partial charge in [-0.1, -0.05) is 142 Å². The van der Waals surface area contributed by atoms with Crippen LogP contribution in [0.15, 0.2) is 24.3 Å². The molecule has 0 fully saturated rings. The summed E-state index contributed by atoms with van der Waals surface area (Å²) in [5, 5.41) is 0. The van der Waals surface area contributed by atoms with Crippen LogP contribution in [0.4, 0.5) is 11.4 Å². The first kappa shape index (κ1) is 43.9. The van der Waals surface area contributed by atoms with Gasteiger partial charge in [0.05, 0.1) is 0 Å². The molecule has 4 N–H and O–H groups in total. The highest BCUT2D eigenvalue weighted by molar-refractivity contribution is 7.29. The van der Waals surface area contributed by atoms with E-state index in [2.05, 4.69) is 90.1 Å². The van der Waals surface area contributed by atoms with Crippen LogP contribution in [0.2, 0.25) is 0 Å². The fourth-order valence-electron chi connectivity index (χ4n) is 7.79.